The Morgan fingerprint density at radius 2 is 1.37 bits per heavy atom. The predicted molar refractivity (Wildman–Crippen MR) is 456 cm³/mol. The van der Waals surface area contributed by atoms with Crippen molar-refractivity contribution in [1.29, 1.82) is 0 Å². The molecule has 2 unspecified atom stereocenters. The molecule has 1 aliphatic carbocycles. The molecule has 11 heterocycles. The van der Waals surface area contributed by atoms with E-state index in [-0.39, 0.29) is 104 Å². The van der Waals surface area contributed by atoms with Crippen LogP contribution in [0.3, 0.4) is 0 Å². The molecule has 650 valence electrons. The van der Waals surface area contributed by atoms with Gasteiger partial charge in [0, 0.05) is 165 Å². The minimum Gasteiger partial charge on any atom is -0.460 e. The average molecular weight is 1680 g/mol. The smallest absolute Gasteiger partial charge is 0.407 e. The normalized spacial score (nSPS) is 25.7. The van der Waals surface area contributed by atoms with Gasteiger partial charge in [0.25, 0.3) is 23.7 Å². The van der Waals surface area contributed by atoms with E-state index in [0.717, 1.165) is 24.0 Å². The summed E-state index contributed by atoms with van der Waals surface area (Å²) in [4.78, 5) is 161. The first-order chi connectivity index (χ1) is 58.9. The van der Waals surface area contributed by atoms with Gasteiger partial charge in [0.2, 0.25) is 23.6 Å². The third-order valence-corrected chi connectivity index (χ3v) is 24.4. The van der Waals surface area contributed by atoms with Crippen LogP contribution in [0.4, 0.5) is 34.5 Å². The Kier molecular flexibility index (Phi) is 29.9. The van der Waals surface area contributed by atoms with Crippen molar-refractivity contribution in [3.63, 3.8) is 0 Å². The molecular weight excluding hydrogens is 1560 g/mol. The van der Waals surface area contributed by atoms with E-state index >= 15 is 0 Å². The van der Waals surface area contributed by atoms with Crippen LogP contribution in [0.1, 0.15) is 177 Å². The summed E-state index contributed by atoms with van der Waals surface area (Å²) < 4.78 is 31.8. The van der Waals surface area contributed by atoms with Gasteiger partial charge in [-0.15, -0.1) is 0 Å². The number of aliphatic hydroxyl groups is 1. The fourth-order valence-electron chi connectivity index (χ4n) is 17.0. The number of piperidine rings is 1. The van der Waals surface area contributed by atoms with Gasteiger partial charge >= 0.3 is 12.1 Å². The van der Waals surface area contributed by atoms with Crippen LogP contribution in [0, 0.1) is 29.6 Å². The van der Waals surface area contributed by atoms with Crippen LogP contribution in [0.25, 0.3) is 33.4 Å². The van der Waals surface area contributed by atoms with E-state index < -0.39 is 54.0 Å². The van der Waals surface area contributed by atoms with Gasteiger partial charge in [-0.25, -0.2) is 54.1 Å². The Balaban J connectivity index is 0.526. The number of rotatable bonds is 18. The van der Waals surface area contributed by atoms with Crippen LogP contribution >= 0.6 is 0 Å². The van der Waals surface area contributed by atoms with Crippen LogP contribution in [0.5, 0.6) is 0 Å². The molecule has 6 aromatic heterocycles. The zero-order valence-electron chi connectivity index (χ0n) is 70.7. The van der Waals surface area contributed by atoms with E-state index in [1.807, 2.05) is 80.0 Å². The number of carbonyl (C=O) groups is 8. The number of unbranched alkanes of at least 4 members (excludes halogenated alkanes) is 1. The van der Waals surface area contributed by atoms with Gasteiger partial charge in [-0.1, -0.05) is 64.2 Å². The summed E-state index contributed by atoms with van der Waals surface area (Å²) in [6, 6.07) is 4.49. The molecule has 34 heteroatoms. The number of nitrogen functional groups attached to an aromatic ring is 2. The first-order valence-electron chi connectivity index (χ1n) is 42.9. The highest BCUT2D eigenvalue weighted by Gasteiger charge is 2.44. The molecule has 0 radical (unpaired) electrons. The number of aromatic nitrogens is 11. The largest absolute Gasteiger partial charge is 0.460 e. The number of carbonyl (C=O) groups excluding carboxylic acids is 8. The van der Waals surface area contributed by atoms with Crippen LogP contribution in [-0.4, -0.2) is 232 Å². The number of oxazole rings is 1. The highest BCUT2D eigenvalue weighted by Crippen LogP contribution is 2.36. The molecule has 5 aliphatic heterocycles. The first kappa shape index (κ1) is 88.3. The SMILES string of the molecule is CO[C@H]1CC2CC[C@@H](C)C(O2)C(=O)C(=O)N2CCCC[C@H]2C(=O)O[C@H](CCC2CCC(OC(=O)NCc3cnc(N4CCN(c5ncc(C(=O)N6CCN(c7ncc(C(=O)NCCCCn8nc(-c9ccc%10oc(N)nc%10c9)c9c(N)ncnc98)cn7)CC6)cn5)CC4)nc3)CC2)CC(=O)[C@H](C)/C=C(\C)[C@@H](O)CC(=O)[C@H](C)C[C@H](C)/C=C/C=CC=C1C. The quantitative estimate of drug-likeness (QED) is 0.0231. The number of amides is 4. The second kappa shape index (κ2) is 41.4. The second-order valence-electron chi connectivity index (χ2n) is 33.4. The molecule has 7 aromatic rings. The van der Waals surface area contributed by atoms with Crippen molar-refractivity contribution >= 4 is 98.9 Å². The number of nitrogens with zero attached hydrogens (tertiary/aromatic N) is 16. The molecular formula is C88H114N20O14. The maximum absolute atomic E-state index is 14.5. The lowest BCUT2D eigenvalue weighted by Gasteiger charge is -2.38. The van der Waals surface area contributed by atoms with Crippen molar-refractivity contribution < 1.29 is 66.8 Å². The zero-order valence-corrected chi connectivity index (χ0v) is 70.7. The fourth-order valence-corrected chi connectivity index (χ4v) is 17.0. The number of ketones is 3. The van der Waals surface area contributed by atoms with Crippen LogP contribution in [0.2, 0.25) is 0 Å². The molecule has 34 nitrogen and oxygen atoms in total. The third-order valence-electron chi connectivity index (χ3n) is 24.4. The monoisotopic (exact) mass is 1670 g/mol. The van der Waals surface area contributed by atoms with Gasteiger partial charge in [-0.2, -0.15) is 10.1 Å². The number of esters is 1. The van der Waals surface area contributed by atoms with Gasteiger partial charge in [-0.3, -0.25) is 28.8 Å². The van der Waals surface area contributed by atoms with Gasteiger partial charge < -0.3 is 75.1 Å². The number of methoxy groups -OCH3 is 1. The van der Waals surface area contributed by atoms with Gasteiger partial charge in [0.15, 0.2) is 11.2 Å². The van der Waals surface area contributed by atoms with E-state index in [2.05, 4.69) is 60.4 Å². The summed E-state index contributed by atoms with van der Waals surface area (Å²) in [6.07, 6.45) is 26.4. The molecule has 6 aliphatic rings. The number of allylic oxidation sites excluding steroid dienone is 6. The number of hydrogen-bond donors (Lipinski definition) is 5. The van der Waals surface area contributed by atoms with E-state index in [0.29, 0.717) is 216 Å². The number of nitrogens with one attached hydrogen (secondary N) is 2. The summed E-state index contributed by atoms with van der Waals surface area (Å²) in [5.41, 5.74) is 18.0. The van der Waals surface area contributed by atoms with Crippen molar-refractivity contribution in [1.82, 2.24) is 75.1 Å². The lowest BCUT2D eigenvalue weighted by Crippen LogP contribution is -2.55. The van der Waals surface area contributed by atoms with E-state index in [9.17, 15) is 43.5 Å². The molecule has 122 heavy (non-hydrogen) atoms. The number of aryl methyl sites for hydroxylation is 1. The number of alkyl carbamates (subject to hydrolysis) is 1. The number of ether oxygens (including phenoxy) is 4. The number of aliphatic hydroxyl groups excluding tert-OH is 1. The third kappa shape index (κ3) is 22.6. The fraction of sp³-hybridized carbons (Fsp3) is 0.545. The van der Waals surface area contributed by atoms with Crippen molar-refractivity contribution in [2.45, 2.75) is 206 Å². The zero-order chi connectivity index (χ0) is 86.1. The van der Waals surface area contributed by atoms with E-state index in [4.69, 9.17) is 39.9 Å². The molecule has 2 bridgehead atoms. The summed E-state index contributed by atoms with van der Waals surface area (Å²) in [5, 5.41) is 22.6. The lowest BCUT2D eigenvalue weighted by molar-refractivity contribution is -0.169. The summed E-state index contributed by atoms with van der Waals surface area (Å²) >= 11 is 0. The van der Waals surface area contributed by atoms with Crippen molar-refractivity contribution in [2.24, 2.45) is 29.6 Å². The number of nitrogens with two attached hydrogens (primary N) is 2. The van der Waals surface area contributed by atoms with Crippen molar-refractivity contribution in [3.8, 4) is 11.3 Å². The number of anilines is 5. The highest BCUT2D eigenvalue weighted by atomic mass is 16.6. The minimum atomic E-state index is -1.10. The molecule has 5 fully saturated rings. The van der Waals surface area contributed by atoms with Crippen LogP contribution < -0.4 is 36.8 Å². The Labute approximate surface area is 709 Å². The molecule has 1 aromatic carbocycles. The Morgan fingerprint density at radius 1 is 0.689 bits per heavy atom. The first-order valence-corrected chi connectivity index (χ1v) is 42.9. The second-order valence-corrected chi connectivity index (χ2v) is 33.4. The summed E-state index contributed by atoms with van der Waals surface area (Å²) in [5.74, 6) is -2.16. The van der Waals surface area contributed by atoms with E-state index in [1.54, 1.807) is 67.5 Å². The number of piperazine rings is 2. The molecule has 4 amide bonds. The maximum Gasteiger partial charge on any atom is 0.407 e. The number of benzene rings is 1. The van der Waals surface area contributed by atoms with Gasteiger partial charge in [0.05, 0.1) is 34.8 Å². The van der Waals surface area contributed by atoms with Crippen molar-refractivity contribution in [3.05, 3.63) is 126 Å². The molecule has 10 atom stereocenters. The molecule has 4 saturated heterocycles. The summed E-state index contributed by atoms with van der Waals surface area (Å²) in [6.45, 7) is 16.6. The topological polar surface area (TPSA) is 433 Å². The molecule has 1 saturated carbocycles. The van der Waals surface area contributed by atoms with Crippen LogP contribution in [-0.2, 0) is 56.0 Å². The highest BCUT2D eigenvalue weighted by molar-refractivity contribution is 6.38. The number of hydrogen-bond acceptors (Lipinski definition) is 29. The lowest BCUT2D eigenvalue weighted by atomic mass is 9.83. The standard InChI is InChI=1S/C88H114N20O14/c1-53-15-9-8-10-16-54(2)73(118-7)43-66-23-18-55(3)77(119-66)76(112)82(115)107-29-13-11-17-68(107)83(116)120-65(42-69(109)57(5)40-58(6)71(111)44-70(110)56(4)39-53)26-21-59-19-24-64(25-20-59)121-88(117)98-47-60-45-92-85(93-46-60)105-35-37-106(38-36-105)87-96-50-63(51-97-87)81(114)103-31-33-104(34-32-103)86-94-48-62(49-95-86)80(113)91-28-12-14-30-108-79-74(78(89)99-52-100-79)75(102-108)61-22-27-72-67(41-61)101-84(90)122-72/h8-10,15-16,22,27,40-41,45-46,48-53,55-57,59,64-66,68,71,73,77,111H,11-14,17-21,23-26,28-39,42-44,47H2,1-7H3,(H2,90,101)(H,91,113)(H,98,117)(H2,89,99,100)/b10-8?,15-9+,54-16?,58-40+/t53-,55-,56-,57-,59?,64?,65-,66?,68+,71+,73+,77?/m1/s1. The average Bonchev–Trinajstić information content (AvgIpc) is 1.61. The van der Waals surface area contributed by atoms with Crippen molar-refractivity contribution in [2.75, 3.05) is 98.7 Å². The van der Waals surface area contributed by atoms with Gasteiger partial charge in [0.1, 0.15) is 59.3 Å². The molecule has 13 rings (SSSR count). The Morgan fingerprint density at radius 3 is 2.07 bits per heavy atom. The Hall–Kier alpha value is -11.5. The predicted octanol–water partition coefficient (Wildman–Crippen LogP) is 9.28. The Bertz CT molecular complexity index is 4950. The molecule has 0 spiro atoms. The van der Waals surface area contributed by atoms with Gasteiger partial charge in [-0.05, 0) is 151 Å². The number of Topliss-reactive ketones (excluding diaryl/α,β-unsaturated/α-hetero) is 3. The summed E-state index contributed by atoms with van der Waals surface area (Å²) in [7, 11) is 1.63. The minimum absolute atomic E-state index is 0.0701. The number of cyclic esters (lactones) is 1. The maximum atomic E-state index is 14.5. The number of fused-ring (bicyclic) bond motifs is 5. The van der Waals surface area contributed by atoms with E-state index in [1.165, 1.54) is 23.6 Å². The molecule has 7 N–H and O–H groups in total. The van der Waals surface area contributed by atoms with Crippen LogP contribution in [0.15, 0.2) is 114 Å².